The van der Waals surface area contributed by atoms with Crippen molar-refractivity contribution >= 4 is 0 Å². The van der Waals surface area contributed by atoms with Gasteiger partial charge in [-0.1, -0.05) is 6.92 Å². The predicted molar refractivity (Wildman–Crippen MR) is 127 cm³/mol. The average molecular weight is 443 g/mol. The third kappa shape index (κ3) is 3.79. The molecule has 5 heteroatoms. The molecule has 3 fully saturated rings. The normalized spacial score (nSPS) is 34.2. The molecule has 0 aromatic heterocycles. The first-order chi connectivity index (χ1) is 15.2. The number of fused-ring (bicyclic) bond motifs is 2. The molecule has 5 unspecified atom stereocenters. The molecule has 3 saturated carbocycles. The molecule has 5 rings (SSSR count). The first-order valence-corrected chi connectivity index (χ1v) is 12.8. The van der Waals surface area contributed by atoms with Crippen LogP contribution in [0.5, 0.6) is 5.75 Å². The maximum Gasteiger partial charge on any atom is 0.123 e. The summed E-state index contributed by atoms with van der Waals surface area (Å²) in [6.07, 6.45) is 8.00. The molecular weight excluding hydrogens is 400 g/mol. The van der Waals surface area contributed by atoms with Crippen LogP contribution in [0.25, 0.3) is 0 Å². The Morgan fingerprint density at radius 3 is 2.66 bits per heavy atom. The Balaban J connectivity index is 1.47. The maximum absolute atomic E-state index is 9.66. The van der Waals surface area contributed by atoms with Crippen molar-refractivity contribution in [2.24, 2.45) is 29.4 Å². The molecule has 1 aromatic rings. The minimum absolute atomic E-state index is 0.176. The van der Waals surface area contributed by atoms with Gasteiger partial charge in [-0.3, -0.25) is 4.90 Å². The van der Waals surface area contributed by atoms with Gasteiger partial charge in [0, 0.05) is 30.6 Å². The van der Waals surface area contributed by atoms with Gasteiger partial charge in [0.1, 0.15) is 5.75 Å². The number of benzene rings is 1. The second kappa shape index (κ2) is 8.26. The summed E-state index contributed by atoms with van der Waals surface area (Å²) >= 11 is 0. The molecule has 0 spiro atoms. The Bertz CT molecular complexity index is 848. The van der Waals surface area contributed by atoms with Crippen molar-refractivity contribution < 1.29 is 14.9 Å². The van der Waals surface area contributed by atoms with E-state index in [0.717, 1.165) is 48.9 Å². The quantitative estimate of drug-likeness (QED) is 0.604. The van der Waals surface area contributed by atoms with Gasteiger partial charge in [-0.2, -0.15) is 0 Å². The zero-order valence-corrected chi connectivity index (χ0v) is 20.1. The van der Waals surface area contributed by atoms with Crippen LogP contribution in [-0.2, 0) is 18.4 Å². The second-order valence-corrected chi connectivity index (χ2v) is 12.0. The third-order valence-corrected chi connectivity index (χ3v) is 9.05. The van der Waals surface area contributed by atoms with Crippen molar-refractivity contribution in [3.63, 3.8) is 0 Å². The van der Waals surface area contributed by atoms with Gasteiger partial charge < -0.3 is 20.7 Å². The van der Waals surface area contributed by atoms with Gasteiger partial charge in [-0.15, -0.1) is 0 Å². The summed E-state index contributed by atoms with van der Waals surface area (Å²) in [7, 11) is 0. The van der Waals surface area contributed by atoms with Crippen LogP contribution in [0.1, 0.15) is 69.6 Å². The molecule has 4 aliphatic rings. The topological polar surface area (TPSA) is 79.0 Å². The molecule has 1 heterocycles. The third-order valence-electron chi connectivity index (χ3n) is 9.05. The number of rotatable bonds is 7. The molecule has 0 saturated heterocycles. The van der Waals surface area contributed by atoms with Crippen LogP contribution >= 0.6 is 0 Å². The van der Waals surface area contributed by atoms with E-state index in [-0.39, 0.29) is 19.3 Å². The number of ether oxygens (including phenoxy) is 1. The van der Waals surface area contributed by atoms with E-state index in [0.29, 0.717) is 12.0 Å². The Morgan fingerprint density at radius 1 is 1.16 bits per heavy atom. The summed E-state index contributed by atoms with van der Waals surface area (Å²) in [5.74, 6) is 4.60. The highest BCUT2D eigenvalue weighted by atomic mass is 16.5. The highest BCUT2D eigenvalue weighted by Gasteiger charge is 2.61. The summed E-state index contributed by atoms with van der Waals surface area (Å²) in [4.78, 5) is 2.29. The number of aliphatic hydroxyl groups excluding tert-OH is 2. The van der Waals surface area contributed by atoms with Crippen molar-refractivity contribution in [2.45, 2.75) is 82.9 Å². The molecular formula is C27H42N2O3. The molecule has 1 aromatic carbocycles. The standard InChI is InChI=1S/C27H42N2O3/c1-17(2)32-25-10-20-4-5-29(14-26(28,15-30)16-31)13-22(20)9-24(25)27-11-19-6-18(3)7-21(12-27)23(27)8-19/h9-10,17-19,21,23,30-31H,4-8,11-16,28H2,1-3H3. The maximum atomic E-state index is 9.66. The molecule has 4 N–H and O–H groups in total. The first-order valence-electron chi connectivity index (χ1n) is 12.8. The minimum Gasteiger partial charge on any atom is -0.491 e. The zero-order chi connectivity index (χ0) is 22.7. The molecule has 32 heavy (non-hydrogen) atoms. The molecule has 5 atom stereocenters. The van der Waals surface area contributed by atoms with E-state index in [4.69, 9.17) is 10.5 Å². The number of aliphatic hydroxyl groups is 2. The van der Waals surface area contributed by atoms with Crippen LogP contribution in [0.4, 0.5) is 0 Å². The van der Waals surface area contributed by atoms with E-state index in [1.54, 1.807) is 0 Å². The van der Waals surface area contributed by atoms with Gasteiger partial charge in [0.05, 0.1) is 24.9 Å². The average Bonchev–Trinajstić information content (AvgIpc) is 2.94. The monoisotopic (exact) mass is 442 g/mol. The SMILES string of the molecule is CC1CC2CC3C(C1)CC3(c1cc3c(cc1OC(C)C)CCN(CC(N)(CO)CO)C3)C2. The predicted octanol–water partition coefficient (Wildman–Crippen LogP) is 3.23. The summed E-state index contributed by atoms with van der Waals surface area (Å²) in [5.41, 5.74) is 9.80. The lowest BCUT2D eigenvalue weighted by Crippen LogP contribution is -2.56. The summed E-state index contributed by atoms with van der Waals surface area (Å²) in [5, 5.41) is 19.3. The van der Waals surface area contributed by atoms with E-state index in [9.17, 15) is 10.2 Å². The number of nitrogens with two attached hydrogens (primary N) is 1. The van der Waals surface area contributed by atoms with Crippen molar-refractivity contribution in [1.29, 1.82) is 0 Å². The summed E-state index contributed by atoms with van der Waals surface area (Å²) < 4.78 is 6.46. The summed E-state index contributed by atoms with van der Waals surface area (Å²) in [6, 6.07) is 4.82. The molecule has 0 amide bonds. The fourth-order valence-electron chi connectivity index (χ4n) is 7.81. The minimum atomic E-state index is -0.946. The molecule has 5 nitrogen and oxygen atoms in total. The van der Waals surface area contributed by atoms with Crippen LogP contribution in [0.2, 0.25) is 0 Å². The number of hydrogen-bond acceptors (Lipinski definition) is 5. The fraction of sp³-hybridized carbons (Fsp3) is 0.778. The number of nitrogens with zero attached hydrogens (tertiary/aromatic N) is 1. The molecule has 178 valence electrons. The van der Waals surface area contributed by atoms with Gasteiger partial charge >= 0.3 is 0 Å². The van der Waals surface area contributed by atoms with Gasteiger partial charge in [0.15, 0.2) is 0 Å². The van der Waals surface area contributed by atoms with Gasteiger partial charge in [0.25, 0.3) is 0 Å². The van der Waals surface area contributed by atoms with Gasteiger partial charge in [0.2, 0.25) is 0 Å². The van der Waals surface area contributed by atoms with E-state index < -0.39 is 5.54 Å². The lowest BCUT2D eigenvalue weighted by atomic mass is 9.50. The molecule has 3 aliphatic carbocycles. The summed E-state index contributed by atoms with van der Waals surface area (Å²) in [6.45, 7) is 8.55. The smallest absolute Gasteiger partial charge is 0.123 e. The largest absolute Gasteiger partial charge is 0.491 e. The number of hydrogen-bond donors (Lipinski definition) is 3. The van der Waals surface area contributed by atoms with Crippen molar-refractivity contribution in [1.82, 2.24) is 4.90 Å². The first kappa shape index (κ1) is 22.6. The van der Waals surface area contributed by atoms with Crippen LogP contribution in [0.15, 0.2) is 12.1 Å². The fourth-order valence-corrected chi connectivity index (χ4v) is 7.81. The molecule has 0 radical (unpaired) electrons. The Hall–Kier alpha value is -1.14. The van der Waals surface area contributed by atoms with E-state index in [1.165, 1.54) is 48.8 Å². The van der Waals surface area contributed by atoms with Crippen molar-refractivity contribution in [3.8, 4) is 5.75 Å². The van der Waals surface area contributed by atoms with Crippen LogP contribution in [0.3, 0.4) is 0 Å². The highest BCUT2D eigenvalue weighted by molar-refractivity contribution is 5.50. The second-order valence-electron chi connectivity index (χ2n) is 12.0. The van der Waals surface area contributed by atoms with Gasteiger partial charge in [-0.25, -0.2) is 0 Å². The Kier molecular flexibility index (Phi) is 5.85. The zero-order valence-electron chi connectivity index (χ0n) is 20.1. The van der Waals surface area contributed by atoms with Crippen molar-refractivity contribution in [3.05, 3.63) is 28.8 Å². The van der Waals surface area contributed by atoms with Crippen molar-refractivity contribution in [2.75, 3.05) is 26.3 Å². The lowest BCUT2D eigenvalue weighted by Gasteiger charge is -2.54. The molecule has 1 aliphatic heterocycles. The van der Waals surface area contributed by atoms with E-state index in [1.807, 2.05) is 0 Å². The highest BCUT2D eigenvalue weighted by Crippen LogP contribution is 2.68. The Labute approximate surface area is 193 Å². The van der Waals surface area contributed by atoms with E-state index in [2.05, 4.69) is 37.8 Å². The molecule has 2 bridgehead atoms. The van der Waals surface area contributed by atoms with Crippen LogP contribution < -0.4 is 10.5 Å². The van der Waals surface area contributed by atoms with Gasteiger partial charge in [-0.05, 0) is 99.3 Å². The lowest BCUT2D eigenvalue weighted by molar-refractivity contribution is 0.0356. The van der Waals surface area contributed by atoms with Crippen LogP contribution in [-0.4, -0.2) is 53.1 Å². The van der Waals surface area contributed by atoms with E-state index >= 15 is 0 Å². The van der Waals surface area contributed by atoms with Crippen LogP contribution in [0, 0.1) is 23.7 Å². The Morgan fingerprint density at radius 2 is 1.94 bits per heavy atom.